The van der Waals surface area contributed by atoms with Crippen molar-refractivity contribution >= 4 is 11.6 Å². The molecule has 1 aromatic rings. The second-order valence-corrected chi connectivity index (χ2v) is 3.00. The van der Waals surface area contributed by atoms with E-state index in [1.54, 1.807) is 6.92 Å². The standard InChI is InChI=1S/C10H10N2O/c1-7-10(13)12-9(11-7)8-5-3-2-4-6-8/h2-6,9H,1H3,(H,12,13). The van der Waals surface area contributed by atoms with Gasteiger partial charge in [-0.1, -0.05) is 30.3 Å². The summed E-state index contributed by atoms with van der Waals surface area (Å²) in [5, 5.41) is 2.78. The Morgan fingerprint density at radius 1 is 1.31 bits per heavy atom. The van der Waals surface area contributed by atoms with E-state index < -0.39 is 0 Å². The van der Waals surface area contributed by atoms with Gasteiger partial charge in [0, 0.05) is 0 Å². The zero-order chi connectivity index (χ0) is 9.26. The Kier molecular flexibility index (Phi) is 1.85. The zero-order valence-electron chi connectivity index (χ0n) is 7.32. The molecular weight excluding hydrogens is 164 g/mol. The third-order valence-electron chi connectivity index (χ3n) is 2.03. The van der Waals surface area contributed by atoms with Gasteiger partial charge in [-0.15, -0.1) is 0 Å². The van der Waals surface area contributed by atoms with Crippen LogP contribution in [0.3, 0.4) is 0 Å². The Morgan fingerprint density at radius 2 is 2.00 bits per heavy atom. The third-order valence-corrected chi connectivity index (χ3v) is 2.03. The number of carbonyl (C=O) groups excluding carboxylic acids is 1. The minimum atomic E-state index is -0.186. The van der Waals surface area contributed by atoms with Crippen molar-refractivity contribution in [3.8, 4) is 0 Å². The summed E-state index contributed by atoms with van der Waals surface area (Å²) in [7, 11) is 0. The van der Waals surface area contributed by atoms with Crippen LogP contribution < -0.4 is 5.32 Å². The highest BCUT2D eigenvalue weighted by atomic mass is 16.2. The Labute approximate surface area is 76.5 Å². The van der Waals surface area contributed by atoms with Crippen molar-refractivity contribution < 1.29 is 4.79 Å². The van der Waals surface area contributed by atoms with E-state index >= 15 is 0 Å². The lowest BCUT2D eigenvalue weighted by atomic mass is 10.2. The molecule has 0 radical (unpaired) electrons. The molecule has 1 heterocycles. The molecule has 0 aromatic heterocycles. The van der Waals surface area contributed by atoms with Crippen molar-refractivity contribution in [2.45, 2.75) is 13.1 Å². The molecule has 1 atom stereocenters. The van der Waals surface area contributed by atoms with Gasteiger partial charge in [0.15, 0.2) is 0 Å². The maximum absolute atomic E-state index is 11.1. The lowest BCUT2D eigenvalue weighted by molar-refractivity contribution is -0.114. The maximum Gasteiger partial charge on any atom is 0.266 e. The van der Waals surface area contributed by atoms with Gasteiger partial charge >= 0.3 is 0 Å². The smallest absolute Gasteiger partial charge is 0.266 e. The Morgan fingerprint density at radius 3 is 2.54 bits per heavy atom. The number of nitrogens with zero attached hydrogens (tertiary/aromatic N) is 1. The number of aliphatic imine (C=N–C) groups is 1. The summed E-state index contributed by atoms with van der Waals surface area (Å²) in [5.74, 6) is -0.0751. The van der Waals surface area contributed by atoms with Gasteiger partial charge in [0.2, 0.25) is 0 Å². The molecule has 1 aliphatic rings. The van der Waals surface area contributed by atoms with E-state index in [4.69, 9.17) is 0 Å². The first-order valence-corrected chi connectivity index (χ1v) is 4.17. The summed E-state index contributed by atoms with van der Waals surface area (Å²) in [4.78, 5) is 15.3. The van der Waals surface area contributed by atoms with Gasteiger partial charge < -0.3 is 5.32 Å². The predicted molar refractivity (Wildman–Crippen MR) is 50.4 cm³/mol. The van der Waals surface area contributed by atoms with E-state index in [0.29, 0.717) is 5.71 Å². The van der Waals surface area contributed by atoms with Crippen LogP contribution >= 0.6 is 0 Å². The van der Waals surface area contributed by atoms with Crippen molar-refractivity contribution in [1.82, 2.24) is 5.32 Å². The summed E-state index contributed by atoms with van der Waals surface area (Å²) in [5.41, 5.74) is 1.57. The van der Waals surface area contributed by atoms with E-state index in [1.165, 1.54) is 0 Å². The van der Waals surface area contributed by atoms with Crippen LogP contribution in [0, 0.1) is 0 Å². The normalized spacial score (nSPS) is 21.2. The van der Waals surface area contributed by atoms with Crippen molar-refractivity contribution in [1.29, 1.82) is 0 Å². The molecule has 0 bridgehead atoms. The molecule has 0 fully saturated rings. The van der Waals surface area contributed by atoms with Crippen molar-refractivity contribution in [2.24, 2.45) is 4.99 Å². The molecule has 2 rings (SSSR count). The highest BCUT2D eigenvalue weighted by Crippen LogP contribution is 2.17. The lowest BCUT2D eigenvalue weighted by Gasteiger charge is -2.06. The fourth-order valence-electron chi connectivity index (χ4n) is 1.31. The minimum Gasteiger partial charge on any atom is -0.325 e. The summed E-state index contributed by atoms with van der Waals surface area (Å²) in [6.07, 6.45) is -0.186. The van der Waals surface area contributed by atoms with Crippen molar-refractivity contribution in [3.05, 3.63) is 35.9 Å². The molecule has 1 aliphatic heterocycles. The topological polar surface area (TPSA) is 41.5 Å². The molecule has 3 heteroatoms. The Hall–Kier alpha value is -1.64. The van der Waals surface area contributed by atoms with Crippen LogP contribution in [0.25, 0.3) is 0 Å². The van der Waals surface area contributed by atoms with Gasteiger partial charge in [-0.05, 0) is 12.5 Å². The number of amides is 1. The van der Waals surface area contributed by atoms with Gasteiger partial charge in [0.25, 0.3) is 5.91 Å². The molecule has 0 saturated heterocycles. The molecule has 66 valence electrons. The highest BCUT2D eigenvalue weighted by Gasteiger charge is 2.21. The largest absolute Gasteiger partial charge is 0.325 e. The average Bonchev–Trinajstić information content (AvgIpc) is 2.49. The first kappa shape index (κ1) is 7.98. The highest BCUT2D eigenvalue weighted by molar-refractivity contribution is 6.39. The maximum atomic E-state index is 11.1. The summed E-state index contributed by atoms with van der Waals surface area (Å²) in [6.45, 7) is 1.72. The Balaban J connectivity index is 2.27. The quantitative estimate of drug-likeness (QED) is 0.684. The molecule has 0 saturated carbocycles. The molecule has 1 unspecified atom stereocenters. The molecule has 1 N–H and O–H groups in total. The average molecular weight is 174 g/mol. The van der Waals surface area contributed by atoms with Gasteiger partial charge in [0.1, 0.15) is 6.17 Å². The van der Waals surface area contributed by atoms with Gasteiger partial charge in [-0.25, -0.2) is 0 Å². The van der Waals surface area contributed by atoms with Crippen LogP contribution in [0.15, 0.2) is 35.3 Å². The van der Waals surface area contributed by atoms with E-state index in [1.807, 2.05) is 30.3 Å². The molecule has 1 aromatic carbocycles. The van der Waals surface area contributed by atoms with Crippen LogP contribution in [-0.4, -0.2) is 11.6 Å². The zero-order valence-corrected chi connectivity index (χ0v) is 7.32. The first-order valence-electron chi connectivity index (χ1n) is 4.17. The molecule has 13 heavy (non-hydrogen) atoms. The number of hydrogen-bond acceptors (Lipinski definition) is 2. The van der Waals surface area contributed by atoms with Crippen molar-refractivity contribution in [3.63, 3.8) is 0 Å². The van der Waals surface area contributed by atoms with Crippen LogP contribution in [0.2, 0.25) is 0 Å². The van der Waals surface area contributed by atoms with Gasteiger partial charge in [0.05, 0.1) is 5.71 Å². The summed E-state index contributed by atoms with van der Waals surface area (Å²) >= 11 is 0. The summed E-state index contributed by atoms with van der Waals surface area (Å²) in [6, 6.07) is 9.71. The van der Waals surface area contributed by atoms with E-state index in [9.17, 15) is 4.79 Å². The van der Waals surface area contributed by atoms with Gasteiger partial charge in [-0.2, -0.15) is 0 Å². The molecule has 1 amide bonds. The second kappa shape index (κ2) is 3.01. The number of rotatable bonds is 1. The number of carbonyl (C=O) groups is 1. The lowest BCUT2D eigenvalue weighted by Crippen LogP contribution is -2.23. The van der Waals surface area contributed by atoms with Crippen LogP contribution in [0.4, 0.5) is 0 Å². The second-order valence-electron chi connectivity index (χ2n) is 3.00. The molecule has 0 aliphatic carbocycles. The van der Waals surface area contributed by atoms with Crippen LogP contribution in [-0.2, 0) is 4.79 Å². The van der Waals surface area contributed by atoms with Crippen LogP contribution in [0.1, 0.15) is 18.7 Å². The number of nitrogens with one attached hydrogen (secondary N) is 1. The molecule has 0 spiro atoms. The van der Waals surface area contributed by atoms with Crippen molar-refractivity contribution in [2.75, 3.05) is 0 Å². The fraction of sp³-hybridized carbons (Fsp3) is 0.200. The molecule has 3 nitrogen and oxygen atoms in total. The molecular formula is C10H10N2O. The fourth-order valence-corrected chi connectivity index (χ4v) is 1.31. The predicted octanol–water partition coefficient (Wildman–Crippen LogP) is 1.28. The minimum absolute atomic E-state index is 0.0751. The monoisotopic (exact) mass is 174 g/mol. The van der Waals surface area contributed by atoms with E-state index in [2.05, 4.69) is 10.3 Å². The van der Waals surface area contributed by atoms with Gasteiger partial charge in [-0.3, -0.25) is 9.79 Å². The Bertz CT molecular complexity index is 356. The number of benzene rings is 1. The third kappa shape index (κ3) is 1.45. The SMILES string of the molecule is CC1=NC(c2ccccc2)NC1=O. The summed E-state index contributed by atoms with van der Waals surface area (Å²) < 4.78 is 0. The van der Waals surface area contributed by atoms with E-state index in [0.717, 1.165) is 5.56 Å². The number of hydrogen-bond donors (Lipinski definition) is 1. The first-order chi connectivity index (χ1) is 6.27. The van der Waals surface area contributed by atoms with Crippen LogP contribution in [0.5, 0.6) is 0 Å². The van der Waals surface area contributed by atoms with E-state index in [-0.39, 0.29) is 12.1 Å².